The second-order valence-corrected chi connectivity index (χ2v) is 7.32. The Hall–Kier alpha value is -2.93. The van der Waals surface area contributed by atoms with Gasteiger partial charge < -0.3 is 9.67 Å². The molecule has 1 amide bonds. The lowest BCUT2D eigenvalue weighted by Gasteiger charge is -2.47. The van der Waals surface area contributed by atoms with Crippen molar-refractivity contribution >= 4 is 11.7 Å². The molecule has 7 heteroatoms. The van der Waals surface area contributed by atoms with Crippen molar-refractivity contribution in [3.63, 3.8) is 0 Å². The fourth-order valence-corrected chi connectivity index (χ4v) is 4.02. The first-order chi connectivity index (χ1) is 13.5. The number of carbonyl (C=O) groups excluding carboxylic acids is 2. The number of ketones is 1. The maximum atomic E-state index is 12.8. The highest BCUT2D eigenvalue weighted by atomic mass is 16.3. The topological polar surface area (TPSA) is 82.8 Å². The number of Topliss-reactive ketones (excluding diaryl/α,β-unsaturated/α-hetero) is 1. The highest BCUT2D eigenvalue weighted by Crippen LogP contribution is 2.32. The van der Waals surface area contributed by atoms with Gasteiger partial charge in [-0.25, -0.2) is 0 Å². The predicted molar refractivity (Wildman–Crippen MR) is 103 cm³/mol. The Morgan fingerprint density at radius 2 is 1.86 bits per heavy atom. The molecular weight excluding hydrogens is 358 g/mol. The van der Waals surface area contributed by atoms with Crippen molar-refractivity contribution in [1.82, 2.24) is 14.6 Å². The summed E-state index contributed by atoms with van der Waals surface area (Å²) in [6, 6.07) is 9.56. The smallest absolute Gasteiger partial charge is 0.288 e. The third kappa shape index (κ3) is 3.01. The van der Waals surface area contributed by atoms with E-state index in [2.05, 4.69) is 0 Å². The number of aryl methyl sites for hydroxylation is 1. The van der Waals surface area contributed by atoms with Crippen molar-refractivity contribution in [3.8, 4) is 5.75 Å². The zero-order valence-electron chi connectivity index (χ0n) is 15.8. The van der Waals surface area contributed by atoms with Crippen LogP contribution in [0.1, 0.15) is 58.8 Å². The molecule has 1 N–H and O–H groups in total. The number of aromatic nitrogens is 1. The number of carbonyl (C=O) groups is 2. The molecule has 28 heavy (non-hydrogen) atoms. The van der Waals surface area contributed by atoms with Crippen LogP contribution in [0, 0.1) is 0 Å². The van der Waals surface area contributed by atoms with E-state index in [0.717, 1.165) is 24.9 Å². The lowest BCUT2D eigenvalue weighted by atomic mass is 10.0. The fourth-order valence-electron chi connectivity index (χ4n) is 4.02. The van der Waals surface area contributed by atoms with Crippen LogP contribution in [0.2, 0.25) is 0 Å². The second-order valence-electron chi connectivity index (χ2n) is 7.32. The van der Waals surface area contributed by atoms with Gasteiger partial charge in [0.2, 0.25) is 5.43 Å². The molecule has 1 fully saturated rings. The van der Waals surface area contributed by atoms with E-state index < -0.39 is 17.1 Å². The SMILES string of the molecule is CC1N2CCCCN2C(=O)c2c(O)c(=O)c(C(=O)CCc3ccccc3)cn21. The predicted octanol–water partition coefficient (Wildman–Crippen LogP) is 2.35. The molecule has 1 aromatic heterocycles. The van der Waals surface area contributed by atoms with Crippen LogP contribution in [-0.4, -0.2) is 44.5 Å². The van der Waals surface area contributed by atoms with Crippen LogP contribution >= 0.6 is 0 Å². The first-order valence-corrected chi connectivity index (χ1v) is 9.62. The number of hydrazine groups is 1. The van der Waals surface area contributed by atoms with Gasteiger partial charge >= 0.3 is 0 Å². The van der Waals surface area contributed by atoms with Gasteiger partial charge in [0.1, 0.15) is 6.17 Å². The van der Waals surface area contributed by atoms with Crippen LogP contribution < -0.4 is 5.43 Å². The second kappa shape index (κ2) is 7.24. The molecule has 1 atom stereocenters. The molecule has 0 spiro atoms. The molecule has 146 valence electrons. The molecular formula is C21H23N3O4. The summed E-state index contributed by atoms with van der Waals surface area (Å²) < 4.78 is 1.57. The number of hydrogen-bond acceptors (Lipinski definition) is 5. The number of fused-ring (bicyclic) bond motifs is 2. The van der Waals surface area contributed by atoms with Crippen LogP contribution in [0.15, 0.2) is 41.3 Å². The Balaban J connectivity index is 1.68. The number of aromatic hydroxyl groups is 1. The molecule has 0 aliphatic carbocycles. The molecule has 2 aliphatic heterocycles. The van der Waals surface area contributed by atoms with E-state index in [1.165, 1.54) is 6.20 Å². The third-order valence-electron chi connectivity index (χ3n) is 5.58. The summed E-state index contributed by atoms with van der Waals surface area (Å²) in [5, 5.41) is 14.0. The van der Waals surface area contributed by atoms with E-state index in [4.69, 9.17) is 0 Å². The third-order valence-corrected chi connectivity index (χ3v) is 5.58. The van der Waals surface area contributed by atoms with E-state index >= 15 is 0 Å². The quantitative estimate of drug-likeness (QED) is 0.822. The fraction of sp³-hybridized carbons (Fsp3) is 0.381. The molecule has 0 saturated carbocycles. The van der Waals surface area contributed by atoms with Crippen molar-refractivity contribution in [3.05, 3.63) is 63.6 Å². The number of pyridine rings is 1. The number of amides is 1. The van der Waals surface area contributed by atoms with Gasteiger partial charge in [0.15, 0.2) is 17.2 Å². The summed E-state index contributed by atoms with van der Waals surface area (Å²) in [6.45, 7) is 3.18. The Labute approximate surface area is 162 Å². The minimum Gasteiger partial charge on any atom is -0.503 e. The van der Waals surface area contributed by atoms with Gasteiger partial charge in [0.25, 0.3) is 5.91 Å². The lowest BCUT2D eigenvalue weighted by molar-refractivity contribution is -0.0878. The largest absolute Gasteiger partial charge is 0.503 e. The Morgan fingerprint density at radius 1 is 1.14 bits per heavy atom. The lowest BCUT2D eigenvalue weighted by Crippen LogP contribution is -2.57. The highest BCUT2D eigenvalue weighted by Gasteiger charge is 2.39. The van der Waals surface area contributed by atoms with Crippen molar-refractivity contribution in [2.45, 2.75) is 38.8 Å². The summed E-state index contributed by atoms with van der Waals surface area (Å²) in [6.07, 6.45) is 3.71. The molecule has 1 aromatic carbocycles. The normalized spacial score (nSPS) is 19.2. The van der Waals surface area contributed by atoms with E-state index in [9.17, 15) is 19.5 Å². The monoisotopic (exact) mass is 381 g/mol. The zero-order valence-corrected chi connectivity index (χ0v) is 15.8. The number of hydrogen-bond donors (Lipinski definition) is 1. The molecule has 1 saturated heterocycles. The number of benzene rings is 1. The molecule has 0 bridgehead atoms. The zero-order chi connectivity index (χ0) is 19.8. The number of rotatable bonds is 4. The van der Waals surface area contributed by atoms with Crippen LogP contribution in [0.3, 0.4) is 0 Å². The highest BCUT2D eigenvalue weighted by molar-refractivity contribution is 5.99. The summed E-state index contributed by atoms with van der Waals surface area (Å²) in [5.74, 6) is -1.36. The van der Waals surface area contributed by atoms with Crippen LogP contribution in [-0.2, 0) is 6.42 Å². The molecule has 3 heterocycles. The van der Waals surface area contributed by atoms with Gasteiger partial charge in [-0.1, -0.05) is 30.3 Å². The summed E-state index contributed by atoms with van der Waals surface area (Å²) in [4.78, 5) is 38.2. The number of nitrogens with zero attached hydrogens (tertiary/aromatic N) is 3. The van der Waals surface area contributed by atoms with Gasteiger partial charge in [-0.2, -0.15) is 5.01 Å². The maximum Gasteiger partial charge on any atom is 0.288 e. The molecule has 7 nitrogen and oxygen atoms in total. The molecule has 1 unspecified atom stereocenters. The van der Waals surface area contributed by atoms with Gasteiger partial charge in [0.05, 0.1) is 5.56 Å². The minimum atomic E-state index is -0.768. The first-order valence-electron chi connectivity index (χ1n) is 9.62. The first kappa shape index (κ1) is 18.4. The van der Waals surface area contributed by atoms with Gasteiger partial charge in [-0.05, 0) is 31.7 Å². The van der Waals surface area contributed by atoms with Crippen molar-refractivity contribution in [1.29, 1.82) is 0 Å². The average Bonchev–Trinajstić information content (AvgIpc) is 2.73. The van der Waals surface area contributed by atoms with Gasteiger partial charge in [0, 0.05) is 25.7 Å². The van der Waals surface area contributed by atoms with Gasteiger partial charge in [-0.15, -0.1) is 0 Å². The molecule has 2 aromatic rings. The Morgan fingerprint density at radius 3 is 2.61 bits per heavy atom. The standard InChI is InChI=1S/C21H23N3O4/c1-14-22-13-16(17(25)10-9-15-7-3-2-4-8-15)19(26)20(27)18(22)21(28)24-12-6-5-11-23(14)24/h2-4,7-8,13-14,27H,5-6,9-12H2,1H3. The van der Waals surface area contributed by atoms with E-state index in [1.54, 1.807) is 9.58 Å². The van der Waals surface area contributed by atoms with E-state index in [0.29, 0.717) is 13.0 Å². The van der Waals surface area contributed by atoms with Crippen LogP contribution in [0.4, 0.5) is 0 Å². The summed E-state index contributed by atoms with van der Waals surface area (Å²) >= 11 is 0. The van der Waals surface area contributed by atoms with Crippen LogP contribution in [0.5, 0.6) is 5.75 Å². The molecule has 4 rings (SSSR count). The minimum absolute atomic E-state index is 0.0322. The average molecular weight is 381 g/mol. The van der Waals surface area contributed by atoms with Crippen LogP contribution in [0.25, 0.3) is 0 Å². The summed E-state index contributed by atoms with van der Waals surface area (Å²) in [5.41, 5.74) is 0.138. The molecule has 2 aliphatic rings. The Kier molecular flexibility index (Phi) is 4.77. The van der Waals surface area contributed by atoms with E-state index in [-0.39, 0.29) is 29.6 Å². The van der Waals surface area contributed by atoms with Crippen molar-refractivity contribution in [2.24, 2.45) is 0 Å². The van der Waals surface area contributed by atoms with Gasteiger partial charge in [-0.3, -0.25) is 19.4 Å². The van der Waals surface area contributed by atoms with E-state index in [1.807, 2.05) is 42.3 Å². The van der Waals surface area contributed by atoms with Crippen molar-refractivity contribution < 1.29 is 14.7 Å². The van der Waals surface area contributed by atoms with Crippen molar-refractivity contribution in [2.75, 3.05) is 13.1 Å². The summed E-state index contributed by atoms with van der Waals surface area (Å²) in [7, 11) is 0. The molecule has 0 radical (unpaired) electrons. The Bertz CT molecular complexity index is 983. The maximum absolute atomic E-state index is 12.8.